The largest absolute Gasteiger partial charge is 0.370 e. The van der Waals surface area contributed by atoms with E-state index >= 15 is 0 Å². The zero-order valence-corrected chi connectivity index (χ0v) is 20.5. The molecular formula is C25H35FN4OS. The van der Waals surface area contributed by atoms with Gasteiger partial charge in [0, 0.05) is 47.4 Å². The first-order chi connectivity index (χ1) is 15.3. The van der Waals surface area contributed by atoms with Gasteiger partial charge in [0.1, 0.15) is 11.9 Å². The van der Waals surface area contributed by atoms with Crippen molar-refractivity contribution in [2.75, 3.05) is 32.8 Å². The van der Waals surface area contributed by atoms with Crippen LogP contribution in [-0.2, 0) is 16.7 Å². The highest BCUT2D eigenvalue weighted by Crippen LogP contribution is 2.45. The number of amidine groups is 1. The molecule has 0 saturated carbocycles. The molecule has 4 rings (SSSR count). The van der Waals surface area contributed by atoms with E-state index in [4.69, 9.17) is 9.73 Å². The average Bonchev–Trinajstić information content (AvgIpc) is 3.53. The van der Waals surface area contributed by atoms with Crippen LogP contribution in [0.5, 0.6) is 0 Å². The SMILES string of the molecule is CCOC(C1=NCCN1)C1(CCc2ccc(F)s2)CCN(C(C)(C)c2ccc(C)nc2)C1. The van der Waals surface area contributed by atoms with Crippen LogP contribution in [-0.4, -0.2) is 54.6 Å². The van der Waals surface area contributed by atoms with Gasteiger partial charge in [-0.2, -0.15) is 4.39 Å². The van der Waals surface area contributed by atoms with Crippen LogP contribution < -0.4 is 5.32 Å². The number of hydrogen-bond donors (Lipinski definition) is 1. The summed E-state index contributed by atoms with van der Waals surface area (Å²) in [6, 6.07) is 7.78. The molecule has 0 bridgehead atoms. The molecule has 5 nitrogen and oxygen atoms in total. The molecule has 2 aromatic heterocycles. The van der Waals surface area contributed by atoms with Gasteiger partial charge in [0.2, 0.25) is 0 Å². The smallest absolute Gasteiger partial charge is 0.176 e. The van der Waals surface area contributed by atoms with Gasteiger partial charge in [0.05, 0.1) is 6.54 Å². The fourth-order valence-electron chi connectivity index (χ4n) is 5.10. The van der Waals surface area contributed by atoms with E-state index < -0.39 is 0 Å². The predicted molar refractivity (Wildman–Crippen MR) is 129 cm³/mol. The van der Waals surface area contributed by atoms with Crippen LogP contribution in [0.1, 0.15) is 49.7 Å². The fourth-order valence-corrected chi connectivity index (χ4v) is 5.82. The van der Waals surface area contributed by atoms with Crippen molar-refractivity contribution < 1.29 is 9.13 Å². The summed E-state index contributed by atoms with van der Waals surface area (Å²) in [6.45, 7) is 12.9. The van der Waals surface area contributed by atoms with E-state index in [1.165, 1.54) is 16.9 Å². The maximum atomic E-state index is 13.6. The number of aryl methyl sites for hydroxylation is 2. The van der Waals surface area contributed by atoms with E-state index in [1.54, 1.807) is 6.07 Å². The van der Waals surface area contributed by atoms with E-state index in [9.17, 15) is 4.39 Å². The van der Waals surface area contributed by atoms with Crippen LogP contribution in [0.15, 0.2) is 35.5 Å². The number of nitrogens with zero attached hydrogens (tertiary/aromatic N) is 3. The highest BCUT2D eigenvalue weighted by Gasteiger charge is 2.50. The van der Waals surface area contributed by atoms with Gasteiger partial charge in [-0.1, -0.05) is 6.07 Å². The number of nitrogens with one attached hydrogen (secondary N) is 1. The second-order valence-corrected chi connectivity index (χ2v) is 10.6. The number of halogens is 1. The molecule has 2 unspecified atom stereocenters. The van der Waals surface area contributed by atoms with Gasteiger partial charge in [0.15, 0.2) is 5.13 Å². The Morgan fingerprint density at radius 3 is 2.78 bits per heavy atom. The summed E-state index contributed by atoms with van der Waals surface area (Å²) in [4.78, 5) is 13.0. The Morgan fingerprint density at radius 2 is 2.16 bits per heavy atom. The molecule has 2 aromatic rings. The molecule has 0 amide bonds. The lowest BCUT2D eigenvalue weighted by Gasteiger charge is -2.41. The summed E-state index contributed by atoms with van der Waals surface area (Å²) >= 11 is 1.26. The first-order valence-corrected chi connectivity index (χ1v) is 12.5. The zero-order chi connectivity index (χ0) is 22.8. The number of likely N-dealkylation sites (tertiary alicyclic amines) is 1. The number of ether oxygens (including phenoxy) is 1. The molecule has 2 aliphatic heterocycles. The molecule has 1 saturated heterocycles. The molecule has 0 spiro atoms. The second kappa shape index (κ2) is 9.57. The number of pyridine rings is 1. The van der Waals surface area contributed by atoms with Gasteiger partial charge < -0.3 is 10.1 Å². The maximum absolute atomic E-state index is 13.6. The monoisotopic (exact) mass is 458 g/mol. The van der Waals surface area contributed by atoms with Gasteiger partial charge in [-0.05, 0) is 77.3 Å². The van der Waals surface area contributed by atoms with Crippen molar-refractivity contribution in [2.24, 2.45) is 10.4 Å². The molecule has 0 aromatic carbocycles. The third-order valence-electron chi connectivity index (χ3n) is 7.13. The number of hydrogen-bond acceptors (Lipinski definition) is 6. The third kappa shape index (κ3) is 4.75. The van der Waals surface area contributed by atoms with Gasteiger partial charge in [-0.3, -0.25) is 14.9 Å². The first kappa shape index (κ1) is 23.3. The van der Waals surface area contributed by atoms with Crippen LogP contribution in [0.3, 0.4) is 0 Å². The maximum Gasteiger partial charge on any atom is 0.176 e. The Kier molecular flexibility index (Phi) is 6.98. The predicted octanol–water partition coefficient (Wildman–Crippen LogP) is 4.56. The van der Waals surface area contributed by atoms with E-state index in [2.05, 4.69) is 48.1 Å². The minimum absolute atomic E-state index is 0.0725. The summed E-state index contributed by atoms with van der Waals surface area (Å²) in [5, 5.41) is 3.36. The lowest BCUT2D eigenvalue weighted by molar-refractivity contribution is -0.000620. The van der Waals surface area contributed by atoms with Crippen molar-refractivity contribution in [3.63, 3.8) is 0 Å². The molecule has 0 radical (unpaired) electrons. The van der Waals surface area contributed by atoms with Gasteiger partial charge >= 0.3 is 0 Å². The average molecular weight is 459 g/mol. The lowest BCUT2D eigenvalue weighted by Crippen LogP contribution is -2.50. The molecule has 2 atom stereocenters. The summed E-state index contributed by atoms with van der Waals surface area (Å²) in [6.07, 6.45) is 4.75. The van der Waals surface area contributed by atoms with E-state index in [1.807, 2.05) is 19.2 Å². The normalized spacial score (nSPS) is 22.7. The molecule has 0 aliphatic carbocycles. The molecule has 2 aliphatic rings. The summed E-state index contributed by atoms with van der Waals surface area (Å²) < 4.78 is 20.0. The minimum Gasteiger partial charge on any atom is -0.370 e. The summed E-state index contributed by atoms with van der Waals surface area (Å²) in [7, 11) is 0. The Bertz CT molecular complexity index is 942. The number of rotatable bonds is 9. The van der Waals surface area contributed by atoms with Crippen molar-refractivity contribution in [2.45, 2.75) is 58.6 Å². The van der Waals surface area contributed by atoms with Crippen molar-refractivity contribution in [3.05, 3.63) is 51.7 Å². The third-order valence-corrected chi connectivity index (χ3v) is 8.06. The van der Waals surface area contributed by atoms with E-state index in [-0.39, 0.29) is 22.2 Å². The Labute approximate surface area is 195 Å². The van der Waals surface area contributed by atoms with Crippen LogP contribution in [0, 0.1) is 17.5 Å². The van der Waals surface area contributed by atoms with Crippen LogP contribution >= 0.6 is 11.3 Å². The quantitative estimate of drug-likeness (QED) is 0.599. The molecule has 32 heavy (non-hydrogen) atoms. The van der Waals surface area contributed by atoms with Crippen molar-refractivity contribution in [1.29, 1.82) is 0 Å². The molecule has 4 heterocycles. The molecule has 1 N–H and O–H groups in total. The van der Waals surface area contributed by atoms with Crippen LogP contribution in [0.25, 0.3) is 0 Å². The van der Waals surface area contributed by atoms with Crippen molar-refractivity contribution in [1.82, 2.24) is 15.2 Å². The molecular weight excluding hydrogens is 423 g/mol. The fraction of sp³-hybridized carbons (Fsp3) is 0.600. The number of thiophene rings is 1. The van der Waals surface area contributed by atoms with Gasteiger partial charge in [-0.25, -0.2) is 0 Å². The van der Waals surface area contributed by atoms with Gasteiger partial charge in [0.25, 0.3) is 0 Å². The van der Waals surface area contributed by atoms with Crippen molar-refractivity contribution >= 4 is 17.2 Å². The molecule has 174 valence electrons. The Balaban J connectivity index is 1.62. The highest BCUT2D eigenvalue weighted by atomic mass is 32.1. The summed E-state index contributed by atoms with van der Waals surface area (Å²) in [5.74, 6) is 0.987. The number of aromatic nitrogens is 1. The minimum atomic E-state index is -0.140. The Hall–Kier alpha value is -1.83. The van der Waals surface area contributed by atoms with Crippen LogP contribution in [0.2, 0.25) is 0 Å². The second-order valence-electron chi connectivity index (χ2n) is 9.52. The Morgan fingerprint density at radius 1 is 1.31 bits per heavy atom. The van der Waals surface area contributed by atoms with E-state index in [0.29, 0.717) is 6.61 Å². The summed E-state index contributed by atoms with van der Waals surface area (Å²) in [5.41, 5.74) is 2.04. The zero-order valence-electron chi connectivity index (χ0n) is 19.7. The first-order valence-electron chi connectivity index (χ1n) is 11.7. The highest BCUT2D eigenvalue weighted by molar-refractivity contribution is 7.10. The standard InChI is InChI=1S/C25H35FN4OS/c1-5-31-22(23-27-13-14-28-23)25(11-10-20-8-9-21(26)32-20)12-15-30(17-25)24(3,4)19-7-6-18(2)29-16-19/h6-9,16,22H,5,10-15,17H2,1-4H3,(H,27,28). The molecule has 7 heteroatoms. The number of aliphatic imine (C=N–C) groups is 1. The lowest BCUT2D eigenvalue weighted by atomic mass is 9.76. The topological polar surface area (TPSA) is 49.8 Å². The van der Waals surface area contributed by atoms with Gasteiger partial charge in [-0.15, -0.1) is 11.3 Å². The van der Waals surface area contributed by atoms with Crippen LogP contribution in [0.4, 0.5) is 4.39 Å². The van der Waals surface area contributed by atoms with Crippen molar-refractivity contribution in [3.8, 4) is 0 Å². The van der Waals surface area contributed by atoms with E-state index in [0.717, 1.165) is 61.8 Å². The molecule has 1 fully saturated rings.